The summed E-state index contributed by atoms with van der Waals surface area (Å²) in [6.45, 7) is 6.46. The summed E-state index contributed by atoms with van der Waals surface area (Å²) in [5, 5.41) is 0.838. The second-order valence-corrected chi connectivity index (χ2v) is 10.1. The molecule has 36 heavy (non-hydrogen) atoms. The Hall–Kier alpha value is -2.87. The number of fused-ring (bicyclic) bond motifs is 1. The highest BCUT2D eigenvalue weighted by atomic mass is 35.5. The number of esters is 1. The van der Waals surface area contributed by atoms with Crippen molar-refractivity contribution in [3.63, 3.8) is 0 Å². The zero-order chi connectivity index (χ0) is 25.8. The van der Waals surface area contributed by atoms with E-state index in [4.69, 9.17) is 32.7 Å². The molecule has 0 spiro atoms. The molecule has 1 aliphatic heterocycles. The van der Waals surface area contributed by atoms with Crippen LogP contribution in [0.15, 0.2) is 63.5 Å². The number of aromatic nitrogens is 1. The lowest BCUT2D eigenvalue weighted by molar-refractivity contribution is -0.139. The maximum atomic E-state index is 13.7. The van der Waals surface area contributed by atoms with Crippen molar-refractivity contribution in [3.05, 3.63) is 94.6 Å². The summed E-state index contributed by atoms with van der Waals surface area (Å²) >= 11 is 13.5. The van der Waals surface area contributed by atoms with Gasteiger partial charge in [0.2, 0.25) is 0 Å². The fraction of sp³-hybridized carbons (Fsp3) is 0.296. The smallest absolute Gasteiger partial charge is 0.338 e. The molecule has 0 saturated carbocycles. The van der Waals surface area contributed by atoms with Crippen molar-refractivity contribution < 1.29 is 14.3 Å². The van der Waals surface area contributed by atoms with Crippen LogP contribution in [-0.4, -0.2) is 23.8 Å². The number of carbonyl (C=O) groups excluding carboxylic acids is 1. The van der Waals surface area contributed by atoms with E-state index in [1.54, 1.807) is 42.7 Å². The van der Waals surface area contributed by atoms with Crippen LogP contribution in [0.25, 0.3) is 6.08 Å². The zero-order valence-corrected chi connectivity index (χ0v) is 22.5. The number of rotatable bonds is 8. The maximum absolute atomic E-state index is 13.7. The molecule has 1 aliphatic rings. The molecule has 1 aromatic heterocycles. The predicted octanol–water partition coefficient (Wildman–Crippen LogP) is 5.28. The average Bonchev–Trinajstić information content (AvgIpc) is 3.15. The van der Waals surface area contributed by atoms with Crippen LogP contribution in [0.3, 0.4) is 0 Å². The Bertz CT molecular complexity index is 1490. The first kappa shape index (κ1) is 26.2. The molecule has 0 fully saturated rings. The van der Waals surface area contributed by atoms with Crippen molar-refractivity contribution in [2.45, 2.75) is 39.7 Å². The van der Waals surface area contributed by atoms with Crippen LogP contribution in [0.5, 0.6) is 5.75 Å². The van der Waals surface area contributed by atoms with Crippen molar-refractivity contribution in [2.24, 2.45) is 4.99 Å². The molecule has 0 N–H and O–H groups in total. The van der Waals surface area contributed by atoms with Crippen LogP contribution in [0.2, 0.25) is 10.0 Å². The Morgan fingerprint density at radius 1 is 1.14 bits per heavy atom. The summed E-state index contributed by atoms with van der Waals surface area (Å²) in [7, 11) is 0. The Kier molecular flexibility index (Phi) is 8.34. The number of ether oxygens (including phenoxy) is 2. The number of benzene rings is 2. The molecule has 0 radical (unpaired) electrons. The first-order valence-corrected chi connectivity index (χ1v) is 13.3. The van der Waals surface area contributed by atoms with E-state index in [9.17, 15) is 9.59 Å². The van der Waals surface area contributed by atoms with Gasteiger partial charge in [0, 0.05) is 0 Å². The number of halogens is 2. The molecule has 0 saturated heterocycles. The number of allylic oxidation sites excluding steroid dienone is 1. The summed E-state index contributed by atoms with van der Waals surface area (Å²) in [5.74, 6) is 0.239. The quantitative estimate of drug-likeness (QED) is 0.285. The van der Waals surface area contributed by atoms with Gasteiger partial charge < -0.3 is 9.47 Å². The standard InChI is InChI=1S/C27H26Cl2N2O4S/c1-4-6-13-35-19-10-8-18(9-11-19)24-23(26(33)34-5-2)16(3)30-27-31(24)25(32)22(36-27)15-17-7-12-20(28)21(29)14-17/h7-12,14-15,24H,4-6,13H2,1-3H3/b22-15-. The van der Waals surface area contributed by atoms with Crippen molar-refractivity contribution in [2.75, 3.05) is 13.2 Å². The van der Waals surface area contributed by atoms with Crippen molar-refractivity contribution in [3.8, 4) is 5.75 Å². The number of thiazole rings is 1. The van der Waals surface area contributed by atoms with Crippen LogP contribution in [0.1, 0.15) is 50.8 Å². The molecule has 9 heteroatoms. The SMILES string of the molecule is CCCCOc1ccc(C2C(C(=O)OCC)=C(C)N=c3s/c(=C\c4ccc(Cl)c(Cl)c4)c(=O)n32)cc1. The van der Waals surface area contributed by atoms with Gasteiger partial charge in [0.15, 0.2) is 4.80 Å². The lowest BCUT2D eigenvalue weighted by Gasteiger charge is -2.24. The molecule has 3 aromatic rings. The Labute approximate surface area is 223 Å². The molecule has 0 amide bonds. The number of hydrogen-bond acceptors (Lipinski definition) is 6. The van der Waals surface area contributed by atoms with Gasteiger partial charge in [-0.2, -0.15) is 0 Å². The highest BCUT2D eigenvalue weighted by Crippen LogP contribution is 2.31. The van der Waals surface area contributed by atoms with E-state index in [0.717, 1.165) is 29.7 Å². The van der Waals surface area contributed by atoms with Crippen LogP contribution in [0.4, 0.5) is 0 Å². The normalized spacial score (nSPS) is 15.5. The van der Waals surface area contributed by atoms with Crippen LogP contribution >= 0.6 is 34.5 Å². The van der Waals surface area contributed by atoms with Crippen molar-refractivity contribution in [1.82, 2.24) is 4.57 Å². The van der Waals surface area contributed by atoms with E-state index in [1.165, 1.54) is 11.3 Å². The molecule has 4 rings (SSSR count). The maximum Gasteiger partial charge on any atom is 0.338 e. The van der Waals surface area contributed by atoms with E-state index in [-0.39, 0.29) is 12.2 Å². The third-order valence-corrected chi connectivity index (χ3v) is 7.44. The highest BCUT2D eigenvalue weighted by Gasteiger charge is 2.33. The number of carbonyl (C=O) groups is 1. The largest absolute Gasteiger partial charge is 0.494 e. The summed E-state index contributed by atoms with van der Waals surface area (Å²) < 4.78 is 13.2. The van der Waals surface area contributed by atoms with Gasteiger partial charge in [-0.25, -0.2) is 9.79 Å². The van der Waals surface area contributed by atoms with Gasteiger partial charge in [-0.1, -0.05) is 66.1 Å². The lowest BCUT2D eigenvalue weighted by atomic mass is 9.96. The Balaban J connectivity index is 1.84. The minimum atomic E-state index is -0.680. The molecule has 1 unspecified atom stereocenters. The Morgan fingerprint density at radius 3 is 2.56 bits per heavy atom. The van der Waals surface area contributed by atoms with E-state index >= 15 is 0 Å². The van der Waals surface area contributed by atoms with Gasteiger partial charge in [0.1, 0.15) is 5.75 Å². The monoisotopic (exact) mass is 544 g/mol. The molecule has 0 bridgehead atoms. The summed E-state index contributed by atoms with van der Waals surface area (Å²) in [6, 6.07) is 12.0. The molecule has 6 nitrogen and oxygen atoms in total. The highest BCUT2D eigenvalue weighted by molar-refractivity contribution is 7.07. The number of unbranched alkanes of at least 4 members (excludes halogenated alkanes) is 1. The fourth-order valence-corrected chi connectivity index (χ4v) is 5.29. The summed E-state index contributed by atoms with van der Waals surface area (Å²) in [6.07, 6.45) is 3.76. The molecule has 2 aromatic carbocycles. The first-order valence-electron chi connectivity index (χ1n) is 11.7. The first-order chi connectivity index (χ1) is 17.3. The Morgan fingerprint density at radius 2 is 1.89 bits per heavy atom. The van der Waals surface area contributed by atoms with Gasteiger partial charge >= 0.3 is 5.97 Å². The molecule has 2 heterocycles. The van der Waals surface area contributed by atoms with E-state index in [1.807, 2.05) is 24.3 Å². The zero-order valence-electron chi connectivity index (χ0n) is 20.2. The van der Waals surface area contributed by atoms with Crippen LogP contribution in [0, 0.1) is 0 Å². The molecular weight excluding hydrogens is 519 g/mol. The molecule has 188 valence electrons. The second kappa shape index (κ2) is 11.5. The summed E-state index contributed by atoms with van der Waals surface area (Å²) in [4.78, 5) is 31.8. The predicted molar refractivity (Wildman–Crippen MR) is 144 cm³/mol. The van der Waals surface area contributed by atoms with E-state index in [0.29, 0.717) is 37.3 Å². The van der Waals surface area contributed by atoms with Gasteiger partial charge in [-0.3, -0.25) is 9.36 Å². The average molecular weight is 545 g/mol. The van der Waals surface area contributed by atoms with Crippen LogP contribution in [-0.2, 0) is 9.53 Å². The minimum absolute atomic E-state index is 0.217. The fourth-order valence-electron chi connectivity index (χ4n) is 3.94. The second-order valence-electron chi connectivity index (χ2n) is 8.25. The summed E-state index contributed by atoms with van der Waals surface area (Å²) in [5.41, 5.74) is 2.10. The van der Waals surface area contributed by atoms with E-state index < -0.39 is 12.0 Å². The van der Waals surface area contributed by atoms with Crippen LogP contribution < -0.4 is 19.6 Å². The van der Waals surface area contributed by atoms with Crippen molar-refractivity contribution in [1.29, 1.82) is 0 Å². The lowest BCUT2D eigenvalue weighted by Crippen LogP contribution is -2.39. The van der Waals surface area contributed by atoms with Gasteiger partial charge in [-0.05, 0) is 61.7 Å². The molecular formula is C27H26Cl2N2O4S. The van der Waals surface area contributed by atoms with Gasteiger partial charge in [0.25, 0.3) is 5.56 Å². The molecule has 1 atom stereocenters. The number of hydrogen-bond donors (Lipinski definition) is 0. The number of nitrogens with zero attached hydrogens (tertiary/aromatic N) is 2. The minimum Gasteiger partial charge on any atom is -0.494 e. The third-order valence-electron chi connectivity index (χ3n) is 5.72. The van der Waals surface area contributed by atoms with Gasteiger partial charge in [-0.15, -0.1) is 0 Å². The van der Waals surface area contributed by atoms with Gasteiger partial charge in [0.05, 0.1) is 45.1 Å². The topological polar surface area (TPSA) is 69.9 Å². The van der Waals surface area contributed by atoms with Crippen molar-refractivity contribution >= 4 is 46.6 Å². The van der Waals surface area contributed by atoms with E-state index in [2.05, 4.69) is 11.9 Å². The molecule has 0 aliphatic carbocycles. The third kappa shape index (κ3) is 5.43.